The highest BCUT2D eigenvalue weighted by molar-refractivity contribution is 7.94. The summed E-state index contributed by atoms with van der Waals surface area (Å²) in [7, 11) is 0. The van der Waals surface area contributed by atoms with Gasteiger partial charge in [0.2, 0.25) is 0 Å². The number of morpholine rings is 1. The van der Waals surface area contributed by atoms with Gasteiger partial charge in [0.1, 0.15) is 5.44 Å². The van der Waals surface area contributed by atoms with Gasteiger partial charge in [0.05, 0.1) is 25.2 Å². The maximum Gasteiger partial charge on any atom is 0.312 e. The van der Waals surface area contributed by atoms with Crippen molar-refractivity contribution in [3.05, 3.63) is 0 Å². The van der Waals surface area contributed by atoms with Gasteiger partial charge in [-0.3, -0.25) is 4.79 Å². The van der Waals surface area contributed by atoms with E-state index in [-0.39, 0.29) is 0 Å². The van der Waals surface area contributed by atoms with Crippen LogP contribution >= 0.6 is 12.0 Å². The Hall–Kier alpha value is -0.260. The minimum atomic E-state index is -0.407. The number of ether oxygens (including phenoxy) is 1. The van der Waals surface area contributed by atoms with Gasteiger partial charge in [0, 0.05) is 6.54 Å². The monoisotopic (exact) mass is 161 g/mol. The predicted molar refractivity (Wildman–Crippen MR) is 35.3 cm³/mol. The van der Waals surface area contributed by atoms with E-state index in [2.05, 4.69) is 0 Å². The predicted octanol–water partition coefficient (Wildman–Crippen LogP) is -0.209. The number of rotatable bonds is 2. The molecule has 0 unspecified atom stereocenters. The molecule has 0 aliphatic carbocycles. The minimum absolute atomic E-state index is 0.359. The zero-order chi connectivity index (χ0) is 7.40. The molecule has 1 fully saturated rings. The average molecular weight is 161 g/mol. The molecule has 56 valence electrons. The van der Waals surface area contributed by atoms with Gasteiger partial charge in [0.25, 0.3) is 0 Å². The summed E-state index contributed by atoms with van der Waals surface area (Å²) in [5.74, 6) is 0. The summed E-state index contributed by atoms with van der Waals surface area (Å²) in [6.07, 6.45) is 1.72. The van der Waals surface area contributed by atoms with Crippen molar-refractivity contribution in [2.24, 2.45) is 0 Å². The Bertz CT molecular complexity index is 121. The smallest absolute Gasteiger partial charge is 0.312 e. The molecule has 1 atom stereocenters. The first-order valence-corrected chi connectivity index (χ1v) is 3.70. The van der Waals surface area contributed by atoms with Crippen molar-refractivity contribution in [2.45, 2.75) is 5.44 Å². The van der Waals surface area contributed by atoms with E-state index < -0.39 is 5.44 Å². The third-order valence-electron chi connectivity index (χ3n) is 1.27. The number of hydrogen-bond acceptors (Lipinski definition) is 3. The van der Waals surface area contributed by atoms with Crippen LogP contribution in [0.3, 0.4) is 0 Å². The summed E-state index contributed by atoms with van der Waals surface area (Å²) in [5, 5.41) is 0. The highest BCUT2D eigenvalue weighted by atomic mass is 32.2. The molecule has 0 aromatic carbocycles. The quantitative estimate of drug-likeness (QED) is 0.526. The van der Waals surface area contributed by atoms with Crippen LogP contribution < -0.4 is 0 Å². The van der Waals surface area contributed by atoms with E-state index in [0.29, 0.717) is 31.7 Å². The summed E-state index contributed by atoms with van der Waals surface area (Å²) >= 11 is 0.372. The number of hydrogen-bond donors (Lipinski definition) is 0. The SMILES string of the molecule is [O]S[C@H]1CN([C]=O)CCO1. The molecule has 10 heavy (non-hydrogen) atoms. The average Bonchev–Trinajstić information content (AvgIpc) is 2.05. The fourth-order valence-electron chi connectivity index (χ4n) is 0.759. The maximum absolute atomic E-state index is 10.2. The summed E-state index contributed by atoms with van der Waals surface area (Å²) in [5.41, 5.74) is -0.407. The summed E-state index contributed by atoms with van der Waals surface area (Å²) in [6.45, 7) is 1.34. The Morgan fingerprint density at radius 3 is 3.10 bits per heavy atom. The second-order valence-corrected chi connectivity index (χ2v) is 2.65. The molecule has 1 aliphatic rings. The summed E-state index contributed by atoms with van der Waals surface area (Å²) < 4.78 is 15.2. The first-order valence-electron chi connectivity index (χ1n) is 2.90. The van der Waals surface area contributed by atoms with Crippen LogP contribution in [0, 0.1) is 0 Å². The second kappa shape index (κ2) is 3.80. The fraction of sp³-hybridized carbons (Fsp3) is 0.800. The van der Waals surface area contributed by atoms with Crippen molar-refractivity contribution in [3.63, 3.8) is 0 Å². The van der Waals surface area contributed by atoms with Crippen molar-refractivity contribution >= 4 is 18.5 Å². The fourth-order valence-corrected chi connectivity index (χ4v) is 1.15. The topological polar surface area (TPSA) is 49.4 Å². The minimum Gasteiger partial charge on any atom is -0.361 e. The first kappa shape index (κ1) is 7.84. The molecule has 2 radical (unpaired) electrons. The van der Waals surface area contributed by atoms with E-state index in [1.807, 2.05) is 0 Å². The van der Waals surface area contributed by atoms with Gasteiger partial charge in [-0.25, -0.2) is 0 Å². The van der Waals surface area contributed by atoms with Gasteiger partial charge in [-0.2, -0.15) is 0 Å². The van der Waals surface area contributed by atoms with E-state index in [4.69, 9.17) is 4.74 Å². The molecule has 0 spiro atoms. The van der Waals surface area contributed by atoms with Crippen LogP contribution in [0.1, 0.15) is 0 Å². The Morgan fingerprint density at radius 2 is 2.50 bits per heavy atom. The van der Waals surface area contributed by atoms with Crippen molar-refractivity contribution in [1.82, 2.24) is 4.90 Å². The lowest BCUT2D eigenvalue weighted by Crippen LogP contribution is -2.39. The van der Waals surface area contributed by atoms with Gasteiger partial charge in [-0.05, 0) is 0 Å². The van der Waals surface area contributed by atoms with Gasteiger partial charge in [0.15, 0.2) is 0 Å². The molecular weight excluding hydrogens is 154 g/mol. The van der Waals surface area contributed by atoms with Crippen LogP contribution in [0.25, 0.3) is 0 Å². The molecule has 1 heterocycles. The standard InChI is InChI=1S/C5H7NO3S/c7-4-6-1-2-9-5(3-6)10-8/h5H,1-3H2/t5-/m0/s1. The van der Waals surface area contributed by atoms with Crippen LogP contribution in [-0.4, -0.2) is 36.4 Å². The Labute approximate surface area is 63.4 Å². The van der Waals surface area contributed by atoms with E-state index in [1.165, 1.54) is 4.90 Å². The molecular formula is C5H7NO3S. The molecule has 1 rings (SSSR count). The molecule has 0 saturated carbocycles. The van der Waals surface area contributed by atoms with Crippen LogP contribution in [0.4, 0.5) is 0 Å². The lowest BCUT2D eigenvalue weighted by molar-refractivity contribution is 0.0414. The van der Waals surface area contributed by atoms with Crippen molar-refractivity contribution in [2.75, 3.05) is 19.7 Å². The molecule has 0 bridgehead atoms. The summed E-state index contributed by atoms with van der Waals surface area (Å²) in [6, 6.07) is 0. The van der Waals surface area contributed by atoms with E-state index in [9.17, 15) is 9.35 Å². The lowest BCUT2D eigenvalue weighted by atomic mass is 10.5. The van der Waals surface area contributed by atoms with Crippen molar-refractivity contribution in [1.29, 1.82) is 0 Å². The van der Waals surface area contributed by atoms with Gasteiger partial charge >= 0.3 is 6.41 Å². The van der Waals surface area contributed by atoms with Gasteiger partial charge in [-0.15, -0.1) is 4.55 Å². The molecule has 1 saturated heterocycles. The number of amides is 1. The third-order valence-corrected chi connectivity index (χ3v) is 1.77. The van der Waals surface area contributed by atoms with Crippen LogP contribution in [-0.2, 0) is 14.1 Å². The Balaban J connectivity index is 2.31. The van der Waals surface area contributed by atoms with Crippen LogP contribution in [0.15, 0.2) is 0 Å². The highest BCUT2D eigenvalue weighted by Crippen LogP contribution is 2.13. The normalized spacial score (nSPS) is 26.5. The maximum atomic E-state index is 10.2. The molecule has 0 N–H and O–H groups in total. The third kappa shape index (κ3) is 1.86. The summed E-state index contributed by atoms with van der Waals surface area (Å²) in [4.78, 5) is 11.5. The van der Waals surface area contributed by atoms with Gasteiger partial charge < -0.3 is 9.64 Å². The number of carbonyl (C=O) groups excluding carboxylic acids is 1. The van der Waals surface area contributed by atoms with Crippen LogP contribution in [0.5, 0.6) is 0 Å². The second-order valence-electron chi connectivity index (χ2n) is 1.93. The van der Waals surface area contributed by atoms with E-state index >= 15 is 0 Å². The molecule has 1 amide bonds. The largest absolute Gasteiger partial charge is 0.361 e. The molecule has 4 nitrogen and oxygen atoms in total. The van der Waals surface area contributed by atoms with Crippen molar-refractivity contribution < 1.29 is 14.1 Å². The molecule has 5 heteroatoms. The Kier molecular flexibility index (Phi) is 2.98. The van der Waals surface area contributed by atoms with E-state index in [0.717, 1.165) is 0 Å². The molecule has 1 aliphatic heterocycles. The molecule has 0 aromatic heterocycles. The Morgan fingerprint density at radius 1 is 1.70 bits per heavy atom. The zero-order valence-corrected chi connectivity index (χ0v) is 6.10. The highest BCUT2D eigenvalue weighted by Gasteiger charge is 2.19. The van der Waals surface area contributed by atoms with Crippen molar-refractivity contribution in [3.8, 4) is 0 Å². The number of nitrogens with zero attached hydrogens (tertiary/aromatic N) is 1. The van der Waals surface area contributed by atoms with Gasteiger partial charge in [-0.1, -0.05) is 0 Å². The van der Waals surface area contributed by atoms with Crippen LogP contribution in [0.2, 0.25) is 0 Å². The first-order chi connectivity index (χ1) is 4.86. The molecule has 0 aromatic rings. The lowest BCUT2D eigenvalue weighted by Gasteiger charge is -2.26. The van der Waals surface area contributed by atoms with E-state index in [1.54, 1.807) is 6.41 Å². The zero-order valence-electron chi connectivity index (χ0n) is 5.28.